The number of aryl methyl sites for hydroxylation is 1. The summed E-state index contributed by atoms with van der Waals surface area (Å²) in [7, 11) is 0. The topological polar surface area (TPSA) is 79.0 Å². The number of halogens is 1. The van der Waals surface area contributed by atoms with E-state index in [1.807, 2.05) is 62.4 Å². The summed E-state index contributed by atoms with van der Waals surface area (Å²) in [4.78, 5) is 44.2. The number of nitrogens with zero attached hydrogens (tertiary/aromatic N) is 2. The number of rotatable bonds is 5. The van der Waals surface area contributed by atoms with Gasteiger partial charge in [-0.2, -0.15) is 0 Å². The quantitative estimate of drug-likeness (QED) is 0.489. The van der Waals surface area contributed by atoms with Gasteiger partial charge in [0, 0.05) is 42.1 Å². The fourth-order valence-electron chi connectivity index (χ4n) is 5.48. The molecule has 5 rings (SSSR count). The molecule has 2 unspecified atom stereocenters. The van der Waals surface area contributed by atoms with E-state index >= 15 is 0 Å². The molecule has 1 N–H and O–H groups in total. The largest absolute Gasteiger partial charge is 0.353 e. The number of hydrogen-bond acceptors (Lipinski definition) is 4. The average Bonchev–Trinajstić information content (AvgIpc) is 3.32. The third-order valence-corrected chi connectivity index (χ3v) is 7.99. The third-order valence-electron chi connectivity index (χ3n) is 7.74. The van der Waals surface area contributed by atoms with Crippen LogP contribution in [0.5, 0.6) is 0 Å². The second kappa shape index (κ2) is 11.2. The van der Waals surface area contributed by atoms with Gasteiger partial charge >= 0.3 is 0 Å². The number of benzene rings is 3. The highest BCUT2D eigenvalue weighted by atomic mass is 35.5. The molecule has 0 radical (unpaired) electrons. The van der Waals surface area contributed by atoms with Crippen LogP contribution in [0.15, 0.2) is 78.9 Å². The highest BCUT2D eigenvalue weighted by Crippen LogP contribution is 2.39. The summed E-state index contributed by atoms with van der Waals surface area (Å²) in [5, 5.41) is 3.65. The minimum absolute atomic E-state index is 0.0933. The van der Waals surface area contributed by atoms with Gasteiger partial charge in [-0.05, 0) is 55.3 Å². The molecule has 1 spiro atoms. The van der Waals surface area contributed by atoms with Crippen LogP contribution in [0.1, 0.15) is 57.7 Å². The van der Waals surface area contributed by atoms with E-state index in [2.05, 4.69) is 5.32 Å². The maximum atomic E-state index is 14.1. The number of hydrogen-bond donors (Lipinski definition) is 1. The molecule has 8 heteroatoms. The zero-order chi connectivity index (χ0) is 27.6. The Kier molecular flexibility index (Phi) is 7.73. The zero-order valence-corrected chi connectivity index (χ0v) is 22.9. The van der Waals surface area contributed by atoms with Crippen LogP contribution in [-0.4, -0.2) is 59.0 Å². The van der Waals surface area contributed by atoms with Gasteiger partial charge < -0.3 is 15.0 Å². The minimum Gasteiger partial charge on any atom is -0.353 e. The van der Waals surface area contributed by atoms with E-state index in [1.165, 1.54) is 0 Å². The van der Waals surface area contributed by atoms with Gasteiger partial charge in [0.25, 0.3) is 11.8 Å². The number of carbonyl (C=O) groups is 3. The summed E-state index contributed by atoms with van der Waals surface area (Å²) >= 11 is 5.99. The van der Waals surface area contributed by atoms with Crippen LogP contribution in [0.2, 0.25) is 5.02 Å². The van der Waals surface area contributed by atoms with Crippen molar-refractivity contribution in [2.75, 3.05) is 19.7 Å². The predicted octanol–water partition coefficient (Wildman–Crippen LogP) is 5.00. The molecule has 2 aliphatic heterocycles. The molecule has 0 bridgehead atoms. The first-order chi connectivity index (χ1) is 18.8. The summed E-state index contributed by atoms with van der Waals surface area (Å²) in [5.74, 6) is -0.595. The van der Waals surface area contributed by atoms with Gasteiger partial charge in [-0.25, -0.2) is 0 Å². The first kappa shape index (κ1) is 26.9. The van der Waals surface area contributed by atoms with Crippen molar-refractivity contribution in [3.63, 3.8) is 0 Å². The molecule has 2 saturated heterocycles. The molecule has 0 aliphatic carbocycles. The van der Waals surface area contributed by atoms with Crippen LogP contribution in [0, 0.1) is 6.92 Å². The van der Waals surface area contributed by atoms with E-state index in [0.29, 0.717) is 42.1 Å². The van der Waals surface area contributed by atoms with Crippen molar-refractivity contribution in [2.24, 2.45) is 0 Å². The average molecular weight is 546 g/mol. The molecule has 39 heavy (non-hydrogen) atoms. The van der Waals surface area contributed by atoms with Crippen molar-refractivity contribution >= 4 is 29.3 Å². The molecule has 3 amide bonds. The van der Waals surface area contributed by atoms with E-state index in [9.17, 15) is 14.4 Å². The fraction of sp³-hybridized carbons (Fsp3) is 0.323. The smallest absolute Gasteiger partial charge is 0.257 e. The van der Waals surface area contributed by atoms with Crippen LogP contribution < -0.4 is 5.32 Å². The van der Waals surface area contributed by atoms with Crippen molar-refractivity contribution in [1.82, 2.24) is 15.1 Å². The summed E-state index contributed by atoms with van der Waals surface area (Å²) in [6, 6.07) is 22.9. The minimum atomic E-state index is -0.978. The number of carbonyl (C=O) groups excluding carboxylic acids is 3. The first-order valence-corrected chi connectivity index (χ1v) is 13.6. The van der Waals surface area contributed by atoms with Gasteiger partial charge in [0.15, 0.2) is 0 Å². The molecule has 3 aromatic carbocycles. The molecule has 2 atom stereocenters. The number of piperidine rings is 1. The summed E-state index contributed by atoms with van der Waals surface area (Å²) in [5.41, 5.74) is 1.93. The maximum Gasteiger partial charge on any atom is 0.257 e. The summed E-state index contributed by atoms with van der Waals surface area (Å²) in [6.07, 6.45) is 0.809. The molecule has 202 valence electrons. The Bertz CT molecular complexity index is 1350. The lowest BCUT2D eigenvalue weighted by molar-refractivity contribution is -0.128. The molecule has 7 nitrogen and oxygen atoms in total. The second-order valence-corrected chi connectivity index (χ2v) is 10.6. The van der Waals surface area contributed by atoms with E-state index in [0.717, 1.165) is 11.1 Å². The molecule has 2 heterocycles. The lowest BCUT2D eigenvalue weighted by Gasteiger charge is -2.44. The van der Waals surface area contributed by atoms with Gasteiger partial charge in [0.1, 0.15) is 11.8 Å². The highest BCUT2D eigenvalue weighted by molar-refractivity contribution is 6.30. The molecule has 2 aliphatic rings. The van der Waals surface area contributed by atoms with Crippen molar-refractivity contribution in [3.8, 4) is 0 Å². The summed E-state index contributed by atoms with van der Waals surface area (Å²) < 4.78 is 6.34. The molecular formula is C31H32ClN3O4. The Morgan fingerprint density at radius 3 is 2.23 bits per heavy atom. The molecule has 0 aromatic heterocycles. The number of nitrogens with one attached hydrogen (secondary N) is 1. The Balaban J connectivity index is 1.39. The predicted molar refractivity (Wildman–Crippen MR) is 149 cm³/mol. The maximum absolute atomic E-state index is 14.1. The first-order valence-electron chi connectivity index (χ1n) is 13.2. The Morgan fingerprint density at radius 1 is 0.923 bits per heavy atom. The van der Waals surface area contributed by atoms with Crippen molar-refractivity contribution in [3.05, 3.63) is 106 Å². The van der Waals surface area contributed by atoms with Crippen molar-refractivity contribution in [2.45, 2.75) is 44.5 Å². The van der Waals surface area contributed by atoms with E-state index < -0.39 is 11.8 Å². The Morgan fingerprint density at radius 2 is 1.56 bits per heavy atom. The lowest BCUT2D eigenvalue weighted by atomic mass is 9.95. The second-order valence-electron chi connectivity index (χ2n) is 10.2. The molecule has 0 saturated carbocycles. The van der Waals surface area contributed by atoms with E-state index in [4.69, 9.17) is 16.3 Å². The van der Waals surface area contributed by atoms with Crippen LogP contribution in [0.3, 0.4) is 0 Å². The monoisotopic (exact) mass is 545 g/mol. The Labute approximate surface area is 233 Å². The van der Waals surface area contributed by atoms with Crippen LogP contribution in [0.4, 0.5) is 0 Å². The number of ether oxygens (including phenoxy) is 1. The van der Waals surface area contributed by atoms with Crippen LogP contribution in [-0.2, 0) is 9.53 Å². The van der Waals surface area contributed by atoms with Gasteiger partial charge in [0.2, 0.25) is 5.91 Å². The molecular weight excluding hydrogens is 514 g/mol. The Hall–Kier alpha value is -3.68. The fourth-order valence-corrected chi connectivity index (χ4v) is 5.60. The van der Waals surface area contributed by atoms with Crippen LogP contribution >= 0.6 is 11.6 Å². The molecule has 2 fully saturated rings. The van der Waals surface area contributed by atoms with E-state index in [-0.39, 0.29) is 30.4 Å². The number of amides is 3. The van der Waals surface area contributed by atoms with Crippen molar-refractivity contribution < 1.29 is 19.1 Å². The normalized spacial score (nSPS) is 19.1. The SMILES string of the molecule is Cc1ccccc1C(=O)N1C(C(=O)NC(C)c2ccccc2)COC12CCN(C(=O)c1ccc(Cl)cc1)CC2. The highest BCUT2D eigenvalue weighted by Gasteiger charge is 2.54. The van der Waals surface area contributed by atoms with Gasteiger partial charge in [-0.1, -0.05) is 60.1 Å². The van der Waals surface area contributed by atoms with Crippen molar-refractivity contribution in [1.29, 1.82) is 0 Å². The van der Waals surface area contributed by atoms with Crippen LogP contribution in [0.25, 0.3) is 0 Å². The lowest BCUT2D eigenvalue weighted by Crippen LogP contribution is -2.60. The number of likely N-dealkylation sites (tertiary alicyclic amines) is 1. The van der Waals surface area contributed by atoms with E-state index in [1.54, 1.807) is 40.1 Å². The molecule has 3 aromatic rings. The van der Waals surface area contributed by atoms with Gasteiger partial charge in [0.05, 0.1) is 12.6 Å². The van der Waals surface area contributed by atoms with Gasteiger partial charge in [-0.15, -0.1) is 0 Å². The summed E-state index contributed by atoms with van der Waals surface area (Å²) in [6.45, 7) is 4.70. The zero-order valence-electron chi connectivity index (χ0n) is 22.1. The standard InChI is InChI=1S/C31H32ClN3O4/c1-21-8-6-7-11-26(21)30(38)35-27(28(36)33-22(2)23-9-4-3-5-10-23)20-39-31(35)16-18-34(19-17-31)29(37)24-12-14-25(32)15-13-24/h3-15,22,27H,16-20H2,1-2H3,(H,33,36). The third kappa shape index (κ3) is 5.42. The van der Waals surface area contributed by atoms with Gasteiger partial charge in [-0.3, -0.25) is 19.3 Å².